The van der Waals surface area contributed by atoms with Crippen LogP contribution < -0.4 is 9.64 Å². The SMILES string of the molecule is COc1cnc(N(C)Cc2ccc(Cl)cc2)nc1. The van der Waals surface area contributed by atoms with Gasteiger partial charge in [-0.15, -0.1) is 0 Å². The lowest BCUT2D eigenvalue weighted by atomic mass is 10.2. The number of benzene rings is 1. The van der Waals surface area contributed by atoms with Gasteiger partial charge in [-0.05, 0) is 17.7 Å². The fourth-order valence-electron chi connectivity index (χ4n) is 1.55. The zero-order valence-electron chi connectivity index (χ0n) is 10.3. The van der Waals surface area contributed by atoms with Crippen LogP contribution in [0.25, 0.3) is 0 Å². The van der Waals surface area contributed by atoms with Crippen LogP contribution in [-0.4, -0.2) is 24.1 Å². The highest BCUT2D eigenvalue weighted by molar-refractivity contribution is 6.30. The average molecular weight is 264 g/mol. The van der Waals surface area contributed by atoms with Gasteiger partial charge in [-0.2, -0.15) is 0 Å². The van der Waals surface area contributed by atoms with E-state index < -0.39 is 0 Å². The summed E-state index contributed by atoms with van der Waals surface area (Å²) in [6.07, 6.45) is 3.31. The molecule has 2 rings (SSSR count). The first-order chi connectivity index (χ1) is 8.69. The van der Waals surface area contributed by atoms with Crippen LogP contribution in [0, 0.1) is 0 Å². The second kappa shape index (κ2) is 5.69. The Morgan fingerprint density at radius 1 is 1.17 bits per heavy atom. The van der Waals surface area contributed by atoms with Gasteiger partial charge in [0.15, 0.2) is 5.75 Å². The summed E-state index contributed by atoms with van der Waals surface area (Å²) >= 11 is 5.85. The van der Waals surface area contributed by atoms with Gasteiger partial charge >= 0.3 is 0 Å². The zero-order chi connectivity index (χ0) is 13.0. The Labute approximate surface area is 111 Å². The Balaban J connectivity index is 2.06. The van der Waals surface area contributed by atoms with Crippen LogP contribution in [-0.2, 0) is 6.54 Å². The molecule has 0 aliphatic heterocycles. The van der Waals surface area contributed by atoms with Gasteiger partial charge < -0.3 is 9.64 Å². The molecule has 5 heteroatoms. The summed E-state index contributed by atoms with van der Waals surface area (Å²) in [5.74, 6) is 1.31. The van der Waals surface area contributed by atoms with E-state index >= 15 is 0 Å². The van der Waals surface area contributed by atoms with Crippen molar-refractivity contribution in [1.29, 1.82) is 0 Å². The van der Waals surface area contributed by atoms with Crippen LogP contribution in [0.1, 0.15) is 5.56 Å². The standard InChI is InChI=1S/C13H14ClN3O/c1-17(9-10-3-5-11(14)6-4-10)13-15-7-12(18-2)8-16-13/h3-8H,9H2,1-2H3. The predicted octanol–water partition coefficient (Wildman–Crippen LogP) is 2.78. The van der Waals surface area contributed by atoms with Gasteiger partial charge in [0.25, 0.3) is 0 Å². The molecule has 0 radical (unpaired) electrons. The lowest BCUT2D eigenvalue weighted by Gasteiger charge is -2.16. The maximum atomic E-state index is 5.85. The predicted molar refractivity (Wildman–Crippen MR) is 72.1 cm³/mol. The second-order valence-electron chi connectivity index (χ2n) is 3.91. The number of ether oxygens (including phenoxy) is 1. The molecule has 0 unspecified atom stereocenters. The summed E-state index contributed by atoms with van der Waals surface area (Å²) in [5, 5.41) is 0.738. The molecular formula is C13H14ClN3O. The van der Waals surface area contributed by atoms with Crippen LogP contribution >= 0.6 is 11.6 Å². The molecule has 1 heterocycles. The molecule has 0 fully saturated rings. The normalized spacial score (nSPS) is 10.2. The maximum Gasteiger partial charge on any atom is 0.225 e. The highest BCUT2D eigenvalue weighted by Crippen LogP contribution is 2.14. The molecule has 0 aliphatic carbocycles. The first kappa shape index (κ1) is 12.6. The van der Waals surface area contributed by atoms with Crippen molar-refractivity contribution in [2.24, 2.45) is 0 Å². The Morgan fingerprint density at radius 3 is 2.33 bits per heavy atom. The zero-order valence-corrected chi connectivity index (χ0v) is 11.1. The van der Waals surface area contributed by atoms with Crippen LogP contribution in [0.3, 0.4) is 0 Å². The summed E-state index contributed by atoms with van der Waals surface area (Å²) in [6.45, 7) is 0.726. The summed E-state index contributed by atoms with van der Waals surface area (Å²) in [5.41, 5.74) is 1.15. The lowest BCUT2D eigenvalue weighted by Crippen LogP contribution is -2.18. The number of hydrogen-bond donors (Lipinski definition) is 0. The van der Waals surface area contributed by atoms with Gasteiger partial charge in [0, 0.05) is 18.6 Å². The highest BCUT2D eigenvalue weighted by atomic mass is 35.5. The van der Waals surface area contributed by atoms with Crippen LogP contribution in [0.4, 0.5) is 5.95 Å². The minimum absolute atomic E-state index is 0.652. The van der Waals surface area contributed by atoms with Gasteiger partial charge in [-0.1, -0.05) is 23.7 Å². The van der Waals surface area contributed by atoms with E-state index in [-0.39, 0.29) is 0 Å². The Bertz CT molecular complexity index is 499. The third-order valence-electron chi connectivity index (χ3n) is 2.52. The number of methoxy groups -OCH3 is 1. The molecule has 0 aliphatic rings. The van der Waals surface area contributed by atoms with E-state index in [0.717, 1.165) is 17.1 Å². The molecule has 4 nitrogen and oxygen atoms in total. The van der Waals surface area contributed by atoms with Gasteiger partial charge in [-0.25, -0.2) is 9.97 Å². The third kappa shape index (κ3) is 3.11. The first-order valence-corrected chi connectivity index (χ1v) is 5.88. The van der Waals surface area contributed by atoms with Crippen molar-refractivity contribution in [3.05, 3.63) is 47.2 Å². The summed E-state index contributed by atoms with van der Waals surface area (Å²) in [6, 6.07) is 7.73. The number of anilines is 1. The molecule has 0 amide bonds. The van der Waals surface area contributed by atoms with Crippen molar-refractivity contribution >= 4 is 17.5 Å². The Hall–Kier alpha value is -1.81. The molecule has 1 aromatic carbocycles. The van der Waals surface area contributed by atoms with Gasteiger partial charge in [-0.3, -0.25) is 0 Å². The molecule has 0 N–H and O–H groups in total. The van der Waals surface area contributed by atoms with E-state index in [1.165, 1.54) is 0 Å². The number of halogens is 1. The summed E-state index contributed by atoms with van der Waals surface area (Å²) in [7, 11) is 3.53. The lowest BCUT2D eigenvalue weighted by molar-refractivity contribution is 0.410. The molecule has 0 saturated heterocycles. The number of nitrogens with zero attached hydrogens (tertiary/aromatic N) is 3. The van der Waals surface area contributed by atoms with Crippen molar-refractivity contribution in [3.8, 4) is 5.75 Å². The Morgan fingerprint density at radius 2 is 1.78 bits per heavy atom. The number of rotatable bonds is 4. The van der Waals surface area contributed by atoms with E-state index in [9.17, 15) is 0 Å². The van der Waals surface area contributed by atoms with Gasteiger partial charge in [0.2, 0.25) is 5.95 Å². The van der Waals surface area contributed by atoms with E-state index in [4.69, 9.17) is 16.3 Å². The van der Waals surface area contributed by atoms with Crippen LogP contribution in [0.2, 0.25) is 5.02 Å². The van der Waals surface area contributed by atoms with Crippen molar-refractivity contribution in [1.82, 2.24) is 9.97 Å². The van der Waals surface area contributed by atoms with Crippen molar-refractivity contribution < 1.29 is 4.74 Å². The molecule has 94 valence electrons. The third-order valence-corrected chi connectivity index (χ3v) is 2.78. The van der Waals surface area contributed by atoms with Crippen molar-refractivity contribution in [2.75, 3.05) is 19.1 Å². The topological polar surface area (TPSA) is 38.2 Å². The molecule has 1 aromatic heterocycles. The van der Waals surface area contributed by atoms with E-state index in [0.29, 0.717) is 11.7 Å². The fourth-order valence-corrected chi connectivity index (χ4v) is 1.67. The minimum Gasteiger partial charge on any atom is -0.494 e. The average Bonchev–Trinajstić information content (AvgIpc) is 2.41. The quantitative estimate of drug-likeness (QED) is 0.850. The van der Waals surface area contributed by atoms with Gasteiger partial charge in [0.05, 0.1) is 19.5 Å². The van der Waals surface area contributed by atoms with Crippen LogP contribution in [0.15, 0.2) is 36.7 Å². The molecule has 0 saturated carbocycles. The van der Waals surface area contributed by atoms with Crippen molar-refractivity contribution in [3.63, 3.8) is 0 Å². The first-order valence-electron chi connectivity index (χ1n) is 5.50. The smallest absolute Gasteiger partial charge is 0.225 e. The van der Waals surface area contributed by atoms with Crippen LogP contribution in [0.5, 0.6) is 5.75 Å². The monoisotopic (exact) mass is 263 g/mol. The summed E-state index contributed by atoms with van der Waals surface area (Å²) < 4.78 is 5.02. The fraction of sp³-hybridized carbons (Fsp3) is 0.231. The molecule has 0 bridgehead atoms. The largest absolute Gasteiger partial charge is 0.494 e. The van der Waals surface area contributed by atoms with E-state index in [2.05, 4.69) is 9.97 Å². The minimum atomic E-state index is 0.652. The molecular weight excluding hydrogens is 250 g/mol. The van der Waals surface area contributed by atoms with Gasteiger partial charge in [0.1, 0.15) is 0 Å². The molecule has 2 aromatic rings. The second-order valence-corrected chi connectivity index (χ2v) is 4.34. The van der Waals surface area contributed by atoms with E-state index in [1.807, 2.05) is 36.2 Å². The maximum absolute atomic E-state index is 5.85. The Kier molecular flexibility index (Phi) is 3.99. The van der Waals surface area contributed by atoms with E-state index in [1.54, 1.807) is 19.5 Å². The number of hydrogen-bond acceptors (Lipinski definition) is 4. The summed E-state index contributed by atoms with van der Waals surface area (Å²) in [4.78, 5) is 10.4. The highest BCUT2D eigenvalue weighted by Gasteiger charge is 2.05. The molecule has 18 heavy (non-hydrogen) atoms. The number of aromatic nitrogens is 2. The van der Waals surface area contributed by atoms with Crippen molar-refractivity contribution in [2.45, 2.75) is 6.54 Å². The molecule has 0 atom stereocenters. The molecule has 0 spiro atoms.